The molecule has 2 aromatic carbocycles. The number of rotatable bonds is 11. The van der Waals surface area contributed by atoms with E-state index in [1.165, 1.54) is 10.6 Å². The number of nitrogens with zero attached hydrogens (tertiary/aromatic N) is 1. The monoisotopic (exact) mass is 474 g/mol. The van der Waals surface area contributed by atoms with E-state index in [-0.39, 0.29) is 12.0 Å². The highest BCUT2D eigenvalue weighted by molar-refractivity contribution is 5.96. The Morgan fingerprint density at radius 2 is 1.60 bits per heavy atom. The quantitative estimate of drug-likeness (QED) is 0.317. The summed E-state index contributed by atoms with van der Waals surface area (Å²) in [6.07, 6.45) is 3.99. The number of aromatic nitrogens is 1. The summed E-state index contributed by atoms with van der Waals surface area (Å²) in [5, 5.41) is 15.0. The predicted molar refractivity (Wildman–Crippen MR) is 135 cm³/mol. The van der Waals surface area contributed by atoms with Gasteiger partial charge in [0.25, 0.3) is 11.5 Å². The number of aliphatic carboxylic acids is 1. The molecule has 1 aromatic heterocycles. The van der Waals surface area contributed by atoms with E-state index in [0.717, 1.165) is 11.1 Å². The molecule has 3 aromatic rings. The molecule has 1 heterocycles. The van der Waals surface area contributed by atoms with Gasteiger partial charge in [-0.25, -0.2) is 4.79 Å². The van der Waals surface area contributed by atoms with Crippen molar-refractivity contribution in [2.24, 2.45) is 5.73 Å². The molecule has 0 radical (unpaired) electrons. The Morgan fingerprint density at radius 3 is 2.14 bits per heavy atom. The highest BCUT2D eigenvalue weighted by atomic mass is 16.4. The summed E-state index contributed by atoms with van der Waals surface area (Å²) < 4.78 is 1.50. The maximum Gasteiger partial charge on any atom is 0.326 e. The van der Waals surface area contributed by atoms with E-state index < -0.39 is 29.5 Å². The molecule has 8 heteroatoms. The molecule has 182 valence electrons. The molecule has 1 atom stereocenters. The molecule has 5 N–H and O–H groups in total. The number of benzene rings is 2. The van der Waals surface area contributed by atoms with Crippen molar-refractivity contribution in [2.45, 2.75) is 31.8 Å². The number of carboxylic acid groups (broad SMARTS) is 1. The normalized spacial score (nSPS) is 12.2. The summed E-state index contributed by atoms with van der Waals surface area (Å²) in [6, 6.07) is 20.5. The maximum atomic E-state index is 13.4. The molecule has 0 spiro atoms. The van der Waals surface area contributed by atoms with Crippen LogP contribution in [0.2, 0.25) is 0 Å². The van der Waals surface area contributed by atoms with Crippen molar-refractivity contribution < 1.29 is 14.7 Å². The van der Waals surface area contributed by atoms with E-state index in [1.54, 1.807) is 25.3 Å². The van der Waals surface area contributed by atoms with Gasteiger partial charge < -0.3 is 26.0 Å². The molecule has 0 fully saturated rings. The highest BCUT2D eigenvalue weighted by Crippen LogP contribution is 2.25. The number of carbonyl (C=O) groups excluding carboxylic acids is 1. The maximum absolute atomic E-state index is 13.4. The van der Waals surface area contributed by atoms with Crippen LogP contribution < -0.4 is 21.9 Å². The fourth-order valence-electron chi connectivity index (χ4n) is 3.80. The first kappa shape index (κ1) is 25.3. The van der Waals surface area contributed by atoms with Crippen molar-refractivity contribution in [2.75, 3.05) is 6.54 Å². The number of nitrogens with one attached hydrogen (secondary N) is 2. The van der Waals surface area contributed by atoms with Gasteiger partial charge in [0.15, 0.2) is 0 Å². The number of carboxylic acids is 1. The van der Waals surface area contributed by atoms with Crippen LogP contribution >= 0.6 is 0 Å². The van der Waals surface area contributed by atoms with Gasteiger partial charge in [0.2, 0.25) is 0 Å². The molecule has 35 heavy (non-hydrogen) atoms. The summed E-state index contributed by atoms with van der Waals surface area (Å²) in [7, 11) is 0. The van der Waals surface area contributed by atoms with Gasteiger partial charge in [-0.1, -0.05) is 60.7 Å². The molecule has 0 saturated carbocycles. The number of amides is 1. The van der Waals surface area contributed by atoms with Crippen LogP contribution in [0.1, 0.15) is 47.3 Å². The summed E-state index contributed by atoms with van der Waals surface area (Å²) in [6.45, 7) is 2.25. The number of hydrogen-bond acceptors (Lipinski definition) is 5. The number of carbonyl (C=O) groups is 2. The van der Waals surface area contributed by atoms with E-state index in [2.05, 4.69) is 10.6 Å². The fourth-order valence-corrected chi connectivity index (χ4v) is 3.80. The number of nitrogens with two attached hydrogens (primary N) is 1. The Morgan fingerprint density at radius 1 is 1.00 bits per heavy atom. The average molecular weight is 475 g/mol. The molecule has 0 bridgehead atoms. The number of hydrogen-bond donors (Lipinski definition) is 4. The Kier molecular flexibility index (Phi) is 8.83. The fraction of sp³-hybridized carbons (Fsp3) is 0.222. The minimum absolute atomic E-state index is 0.119. The van der Waals surface area contributed by atoms with E-state index in [4.69, 9.17) is 5.73 Å². The van der Waals surface area contributed by atoms with Crippen LogP contribution in [-0.2, 0) is 4.79 Å². The van der Waals surface area contributed by atoms with Crippen LogP contribution in [0.5, 0.6) is 0 Å². The van der Waals surface area contributed by atoms with Crippen molar-refractivity contribution in [1.82, 2.24) is 15.2 Å². The summed E-state index contributed by atoms with van der Waals surface area (Å²) >= 11 is 0. The van der Waals surface area contributed by atoms with Crippen LogP contribution in [0.25, 0.3) is 0 Å². The molecular weight excluding hydrogens is 444 g/mol. The van der Waals surface area contributed by atoms with Crippen molar-refractivity contribution >= 4 is 11.9 Å². The van der Waals surface area contributed by atoms with E-state index >= 15 is 0 Å². The lowest BCUT2D eigenvalue weighted by Gasteiger charge is -2.22. The third-order valence-corrected chi connectivity index (χ3v) is 5.64. The minimum Gasteiger partial charge on any atom is -0.480 e. The van der Waals surface area contributed by atoms with Crippen LogP contribution in [0.4, 0.5) is 0 Å². The van der Waals surface area contributed by atoms with Crippen molar-refractivity contribution in [3.63, 3.8) is 0 Å². The first-order chi connectivity index (χ1) is 16.9. The van der Waals surface area contributed by atoms with Crippen LogP contribution in [0.15, 0.2) is 95.7 Å². The largest absolute Gasteiger partial charge is 0.480 e. The molecule has 8 nitrogen and oxygen atoms in total. The third-order valence-electron chi connectivity index (χ3n) is 5.64. The van der Waals surface area contributed by atoms with Gasteiger partial charge in [-0.05, 0) is 49.1 Å². The molecular formula is C27H30N4O4. The van der Waals surface area contributed by atoms with Crippen LogP contribution in [0, 0.1) is 0 Å². The van der Waals surface area contributed by atoms with Crippen molar-refractivity contribution in [1.29, 1.82) is 0 Å². The van der Waals surface area contributed by atoms with Crippen molar-refractivity contribution in [3.8, 4) is 0 Å². The van der Waals surface area contributed by atoms with Crippen LogP contribution in [-0.4, -0.2) is 34.1 Å². The van der Waals surface area contributed by atoms with Crippen molar-refractivity contribution in [3.05, 3.63) is 118 Å². The van der Waals surface area contributed by atoms with E-state index in [9.17, 15) is 19.5 Å². The third kappa shape index (κ3) is 6.60. The lowest BCUT2D eigenvalue weighted by molar-refractivity contribution is -0.139. The van der Waals surface area contributed by atoms with Gasteiger partial charge in [0.1, 0.15) is 11.6 Å². The standard InChI is InChI=1S/C27H30N4O4/c1-2-23(28)29-17-9-16-22(27(34)35)30-25(32)21-15-10-18-31(26(21)33)24(19-11-5-3-6-12-19)20-13-7-4-8-14-20/h2-8,10-15,18,22,24,29H,9,16-17,28H2,1H3,(H,30,32)(H,34,35)/b23-2+. The second-order valence-corrected chi connectivity index (χ2v) is 8.04. The Balaban J connectivity index is 1.86. The molecule has 0 saturated heterocycles. The first-order valence-corrected chi connectivity index (χ1v) is 11.4. The Bertz CT molecular complexity index is 1180. The zero-order valence-electron chi connectivity index (χ0n) is 19.6. The molecule has 3 rings (SSSR count). The smallest absolute Gasteiger partial charge is 0.326 e. The number of pyridine rings is 1. The molecule has 0 aliphatic rings. The molecule has 1 amide bonds. The average Bonchev–Trinajstić information content (AvgIpc) is 2.88. The lowest BCUT2D eigenvalue weighted by Crippen LogP contribution is -2.43. The lowest BCUT2D eigenvalue weighted by atomic mass is 9.98. The second-order valence-electron chi connectivity index (χ2n) is 8.04. The van der Waals surface area contributed by atoms with Gasteiger partial charge >= 0.3 is 5.97 Å². The predicted octanol–water partition coefficient (Wildman–Crippen LogP) is 2.86. The molecule has 1 unspecified atom stereocenters. The Hall–Kier alpha value is -4.33. The topological polar surface area (TPSA) is 126 Å². The van der Waals surface area contributed by atoms with Gasteiger partial charge in [-0.15, -0.1) is 0 Å². The summed E-state index contributed by atoms with van der Waals surface area (Å²) in [4.78, 5) is 38.2. The Labute approximate surface area is 204 Å². The summed E-state index contributed by atoms with van der Waals surface area (Å²) in [5.74, 6) is -1.39. The van der Waals surface area contributed by atoms with Gasteiger partial charge in [-0.2, -0.15) is 0 Å². The SMILES string of the molecule is C/C=C(\N)NCCCC(NC(=O)c1cccn(C(c2ccccc2)c2ccccc2)c1=O)C(=O)O. The highest BCUT2D eigenvalue weighted by Gasteiger charge is 2.24. The van der Waals surface area contributed by atoms with Crippen LogP contribution in [0.3, 0.4) is 0 Å². The zero-order chi connectivity index (χ0) is 25.2. The summed E-state index contributed by atoms with van der Waals surface area (Å²) in [5.41, 5.74) is 6.82. The number of allylic oxidation sites excluding steroid dienone is 1. The minimum atomic E-state index is -1.17. The molecule has 0 aliphatic carbocycles. The van der Waals surface area contributed by atoms with E-state index in [0.29, 0.717) is 18.8 Å². The van der Waals surface area contributed by atoms with Gasteiger partial charge in [0, 0.05) is 12.7 Å². The molecule has 0 aliphatic heterocycles. The van der Waals surface area contributed by atoms with E-state index in [1.807, 2.05) is 60.7 Å². The first-order valence-electron chi connectivity index (χ1n) is 11.4. The second kappa shape index (κ2) is 12.2. The van der Waals surface area contributed by atoms with Gasteiger partial charge in [0.05, 0.1) is 11.9 Å². The zero-order valence-corrected chi connectivity index (χ0v) is 19.6. The van der Waals surface area contributed by atoms with Gasteiger partial charge in [-0.3, -0.25) is 9.59 Å².